The van der Waals surface area contributed by atoms with Crippen molar-refractivity contribution in [2.24, 2.45) is 5.90 Å². The first-order valence-corrected chi connectivity index (χ1v) is 7.09. The van der Waals surface area contributed by atoms with Crippen molar-refractivity contribution >= 4 is 38.3 Å². The van der Waals surface area contributed by atoms with Gasteiger partial charge in [0.05, 0.1) is 10.6 Å². The second-order valence-corrected chi connectivity index (χ2v) is 5.71. The second kappa shape index (κ2) is 5.19. The van der Waals surface area contributed by atoms with Crippen molar-refractivity contribution in [2.75, 3.05) is 4.72 Å². The van der Waals surface area contributed by atoms with E-state index in [0.717, 1.165) is 12.1 Å². The molecule has 0 fully saturated rings. The van der Waals surface area contributed by atoms with Crippen molar-refractivity contribution in [3.63, 3.8) is 0 Å². The lowest BCUT2D eigenvalue weighted by atomic mass is 10.2. The Bertz CT molecular complexity index is 603. The van der Waals surface area contributed by atoms with E-state index >= 15 is 0 Å². The average Bonchev–Trinajstić information content (AvgIpc) is 2.23. The first-order valence-electron chi connectivity index (χ1n) is 4.12. The van der Waals surface area contributed by atoms with Crippen LogP contribution in [0.5, 0.6) is 0 Å². The highest BCUT2D eigenvalue weighted by atomic mass is 35.5. The van der Waals surface area contributed by atoms with Crippen LogP contribution in [0, 0.1) is 6.92 Å². The normalized spacial score (nSPS) is 11.8. The molecule has 7 nitrogen and oxygen atoms in total. The highest BCUT2D eigenvalue weighted by Gasteiger charge is 2.17. The van der Waals surface area contributed by atoms with Crippen LogP contribution >= 0.6 is 11.6 Å². The van der Waals surface area contributed by atoms with Crippen molar-refractivity contribution in [1.29, 1.82) is 0 Å². The van der Waals surface area contributed by atoms with E-state index in [1.165, 1.54) is 6.92 Å². The molecule has 0 radical (unpaired) electrons. The Hall–Kier alpha value is -0.870. The number of benzene rings is 1. The molecule has 0 aliphatic carbocycles. The van der Waals surface area contributed by atoms with Gasteiger partial charge in [0.15, 0.2) is 0 Å². The highest BCUT2D eigenvalue weighted by Crippen LogP contribution is 2.28. The number of anilines is 1. The Morgan fingerprint density at radius 1 is 1.41 bits per heavy atom. The Balaban J connectivity index is 3.43. The molecule has 0 amide bonds. The minimum absolute atomic E-state index is 0.0456. The van der Waals surface area contributed by atoms with E-state index in [-0.39, 0.29) is 15.6 Å². The van der Waals surface area contributed by atoms with Crippen LogP contribution in [0.15, 0.2) is 17.0 Å². The maximum Gasteiger partial charge on any atom is 0.312 e. The zero-order chi connectivity index (χ0) is 13.2. The molecule has 0 aromatic heterocycles. The molecule has 0 aliphatic rings. The molecule has 3 N–H and O–H groups in total. The molecule has 0 heterocycles. The second-order valence-electron chi connectivity index (χ2n) is 3.00. The van der Waals surface area contributed by atoms with Gasteiger partial charge >= 0.3 is 10.1 Å². The maximum absolute atomic E-state index is 11.3. The lowest BCUT2D eigenvalue weighted by Crippen LogP contribution is -2.12. The van der Waals surface area contributed by atoms with Gasteiger partial charge in [-0.05, 0) is 24.6 Å². The molecule has 1 aromatic rings. The first kappa shape index (κ1) is 14.2. The summed E-state index contributed by atoms with van der Waals surface area (Å²) in [7, 11) is -7.07. The molecule has 17 heavy (non-hydrogen) atoms. The summed E-state index contributed by atoms with van der Waals surface area (Å²) in [5, 5.41) is 0.0717. The van der Waals surface area contributed by atoms with Gasteiger partial charge in [-0.3, -0.25) is 4.72 Å². The summed E-state index contributed by atoms with van der Waals surface area (Å²) in [6.07, 6.45) is 0. The predicted octanol–water partition coefficient (Wildman–Crippen LogP) is 0.166. The topological polar surface area (TPSA) is 116 Å². The SMILES string of the molecule is Cc1c(Cl)cc(S(=O)(=O)ON)cc1N[SH](=O)=O. The van der Waals surface area contributed by atoms with Crippen molar-refractivity contribution in [1.82, 2.24) is 0 Å². The van der Waals surface area contributed by atoms with Crippen LogP contribution in [0.2, 0.25) is 5.02 Å². The highest BCUT2D eigenvalue weighted by molar-refractivity contribution is 7.86. The van der Waals surface area contributed by atoms with E-state index in [1.807, 2.05) is 0 Å². The molecule has 0 unspecified atom stereocenters. The van der Waals surface area contributed by atoms with E-state index in [4.69, 9.17) is 11.6 Å². The van der Waals surface area contributed by atoms with Gasteiger partial charge in [0.2, 0.25) is 10.9 Å². The number of hydrogen-bond donors (Lipinski definition) is 3. The van der Waals surface area contributed by atoms with Gasteiger partial charge in [-0.25, -0.2) is 8.42 Å². The smallest absolute Gasteiger partial charge is 0.285 e. The summed E-state index contributed by atoms with van der Waals surface area (Å²) in [5.41, 5.74) is 0.436. The molecular formula is C7H9ClN2O5S2. The van der Waals surface area contributed by atoms with Crippen molar-refractivity contribution < 1.29 is 21.1 Å². The largest absolute Gasteiger partial charge is 0.312 e. The molecule has 0 bridgehead atoms. The summed E-state index contributed by atoms with van der Waals surface area (Å²) in [6, 6.07) is 2.18. The van der Waals surface area contributed by atoms with Gasteiger partial charge in [-0.15, -0.1) is 0 Å². The fraction of sp³-hybridized carbons (Fsp3) is 0.143. The van der Waals surface area contributed by atoms with Crippen LogP contribution < -0.4 is 10.6 Å². The maximum atomic E-state index is 11.3. The fourth-order valence-corrected chi connectivity index (χ4v) is 2.42. The molecular weight excluding hydrogens is 292 g/mol. The number of nitrogens with two attached hydrogens (primary N) is 1. The van der Waals surface area contributed by atoms with Crippen molar-refractivity contribution in [3.05, 3.63) is 22.7 Å². The van der Waals surface area contributed by atoms with Gasteiger partial charge < -0.3 is 0 Å². The van der Waals surface area contributed by atoms with Gasteiger partial charge in [-0.1, -0.05) is 11.6 Å². The van der Waals surface area contributed by atoms with Gasteiger partial charge in [0.25, 0.3) is 0 Å². The number of thiol groups is 1. The molecule has 0 saturated heterocycles. The predicted molar refractivity (Wildman–Crippen MR) is 62.6 cm³/mol. The third-order valence-corrected chi connectivity index (χ3v) is 3.83. The zero-order valence-corrected chi connectivity index (χ0v) is 11.0. The molecule has 96 valence electrons. The van der Waals surface area contributed by atoms with Crippen LogP contribution in [0.3, 0.4) is 0 Å². The van der Waals surface area contributed by atoms with E-state index in [0.29, 0.717) is 5.56 Å². The summed E-state index contributed by atoms with van der Waals surface area (Å²) in [6.45, 7) is 1.53. The molecule has 0 spiro atoms. The standard InChI is InChI=1S/C7H9ClN2O5S2/c1-4-6(8)2-5(17(13,14)15-9)3-7(4)10-16(11)12/h2-3,16H,9H2,1H3,(H,10,11,12). The van der Waals surface area contributed by atoms with Crippen LogP contribution in [0.1, 0.15) is 5.56 Å². The summed E-state index contributed by atoms with van der Waals surface area (Å²) >= 11 is 5.77. The Kier molecular flexibility index (Phi) is 4.33. The molecule has 1 aromatic carbocycles. The number of halogens is 1. The lowest BCUT2D eigenvalue weighted by Gasteiger charge is -2.09. The number of hydrogen-bond acceptors (Lipinski definition) is 6. The molecule has 0 aliphatic heterocycles. The van der Waals surface area contributed by atoms with E-state index in [9.17, 15) is 16.8 Å². The molecule has 0 atom stereocenters. The van der Waals surface area contributed by atoms with Crippen molar-refractivity contribution in [2.45, 2.75) is 11.8 Å². The minimum Gasteiger partial charge on any atom is -0.285 e. The van der Waals surface area contributed by atoms with Crippen LogP contribution in [-0.4, -0.2) is 16.8 Å². The Labute approximate surface area is 105 Å². The number of rotatable bonds is 4. The van der Waals surface area contributed by atoms with Crippen LogP contribution in [0.25, 0.3) is 0 Å². The van der Waals surface area contributed by atoms with E-state index < -0.39 is 21.0 Å². The summed E-state index contributed by atoms with van der Waals surface area (Å²) in [5.74, 6) is 4.61. The quantitative estimate of drug-likeness (QED) is 0.539. The lowest BCUT2D eigenvalue weighted by molar-refractivity contribution is 0.333. The summed E-state index contributed by atoms with van der Waals surface area (Å²) < 4.78 is 49.6. The van der Waals surface area contributed by atoms with E-state index in [2.05, 4.69) is 14.9 Å². The van der Waals surface area contributed by atoms with Gasteiger partial charge in [0, 0.05) is 5.02 Å². The van der Waals surface area contributed by atoms with E-state index in [1.54, 1.807) is 0 Å². The van der Waals surface area contributed by atoms with Gasteiger partial charge in [-0.2, -0.15) is 18.6 Å². The fourth-order valence-electron chi connectivity index (χ4n) is 1.07. The zero-order valence-electron chi connectivity index (χ0n) is 8.51. The Morgan fingerprint density at radius 3 is 2.47 bits per heavy atom. The molecule has 0 saturated carbocycles. The monoisotopic (exact) mass is 300 g/mol. The summed E-state index contributed by atoms with van der Waals surface area (Å²) in [4.78, 5) is -0.338. The first-order chi connectivity index (χ1) is 7.77. The molecule has 10 heteroatoms. The average molecular weight is 301 g/mol. The third-order valence-electron chi connectivity index (χ3n) is 1.94. The van der Waals surface area contributed by atoms with Crippen LogP contribution in [0.4, 0.5) is 5.69 Å². The number of nitrogens with one attached hydrogen (secondary N) is 1. The van der Waals surface area contributed by atoms with Crippen molar-refractivity contribution in [3.8, 4) is 0 Å². The molecule has 1 rings (SSSR count). The van der Waals surface area contributed by atoms with Crippen LogP contribution in [-0.2, 0) is 25.3 Å². The Morgan fingerprint density at radius 2 is 2.00 bits per heavy atom. The minimum atomic E-state index is -4.14. The van der Waals surface area contributed by atoms with Gasteiger partial charge in [0.1, 0.15) is 0 Å². The third kappa shape index (κ3) is 3.30.